The topological polar surface area (TPSA) is 37.3 Å². The van der Waals surface area contributed by atoms with Crippen LogP contribution in [0.3, 0.4) is 0 Å². The minimum atomic E-state index is -0.660. The minimum absolute atomic E-state index is 0.337. The van der Waals surface area contributed by atoms with Crippen LogP contribution in [0.1, 0.15) is 103 Å². The van der Waals surface area contributed by atoms with Gasteiger partial charge in [0.05, 0.1) is 0 Å². The van der Waals surface area contributed by atoms with Crippen molar-refractivity contribution >= 4 is 5.97 Å². The fourth-order valence-electron chi connectivity index (χ4n) is 2.52. The summed E-state index contributed by atoms with van der Waals surface area (Å²) in [6, 6.07) is 0. The van der Waals surface area contributed by atoms with Gasteiger partial charge >= 0.3 is 5.97 Å². The van der Waals surface area contributed by atoms with Crippen LogP contribution in [0.15, 0.2) is 12.2 Å². The molecule has 0 radical (unpaired) electrons. The summed E-state index contributed by atoms with van der Waals surface area (Å²) in [6.07, 6.45) is 22.7. The largest absolute Gasteiger partial charge is 0.481 e. The van der Waals surface area contributed by atoms with E-state index < -0.39 is 5.97 Å². The van der Waals surface area contributed by atoms with E-state index in [1.165, 1.54) is 77.0 Å². The SMILES string of the molecule is CCCCCCC/C=C/CCCCCCCCCC(=O)O. The summed E-state index contributed by atoms with van der Waals surface area (Å²) in [7, 11) is 0. The number of carbonyl (C=O) groups is 1. The highest BCUT2D eigenvalue weighted by molar-refractivity contribution is 5.66. The van der Waals surface area contributed by atoms with Gasteiger partial charge in [-0.2, -0.15) is 0 Å². The van der Waals surface area contributed by atoms with Gasteiger partial charge in [0.1, 0.15) is 0 Å². The molecule has 0 unspecified atom stereocenters. The minimum Gasteiger partial charge on any atom is -0.481 e. The average Bonchev–Trinajstić information content (AvgIpc) is 2.46. The number of unbranched alkanes of at least 4 members (excludes halogenated alkanes) is 12. The fraction of sp³-hybridized carbons (Fsp3) is 0.842. The van der Waals surface area contributed by atoms with E-state index in [0.717, 1.165) is 12.8 Å². The van der Waals surface area contributed by atoms with E-state index in [-0.39, 0.29) is 0 Å². The number of aliphatic carboxylic acids is 1. The molecule has 0 amide bonds. The maximum absolute atomic E-state index is 10.3. The van der Waals surface area contributed by atoms with Crippen LogP contribution in [-0.4, -0.2) is 11.1 Å². The van der Waals surface area contributed by atoms with Crippen LogP contribution in [-0.2, 0) is 4.79 Å². The fourth-order valence-corrected chi connectivity index (χ4v) is 2.52. The van der Waals surface area contributed by atoms with E-state index in [2.05, 4.69) is 19.1 Å². The Morgan fingerprint density at radius 1 is 0.714 bits per heavy atom. The Kier molecular flexibility index (Phi) is 16.6. The van der Waals surface area contributed by atoms with Crippen molar-refractivity contribution in [3.05, 3.63) is 12.2 Å². The van der Waals surface area contributed by atoms with Gasteiger partial charge in [-0.1, -0.05) is 76.9 Å². The van der Waals surface area contributed by atoms with Gasteiger partial charge in [-0.25, -0.2) is 0 Å². The Morgan fingerprint density at radius 2 is 1.14 bits per heavy atom. The number of allylic oxidation sites excluding steroid dienone is 2. The molecule has 2 heteroatoms. The van der Waals surface area contributed by atoms with Crippen molar-refractivity contribution in [2.24, 2.45) is 0 Å². The zero-order chi connectivity index (χ0) is 15.6. The number of hydrogen-bond acceptors (Lipinski definition) is 1. The molecular formula is C19H36O2. The summed E-state index contributed by atoms with van der Waals surface area (Å²) in [5.74, 6) is -0.660. The predicted molar refractivity (Wildman–Crippen MR) is 91.7 cm³/mol. The van der Waals surface area contributed by atoms with Crippen LogP contribution in [0.25, 0.3) is 0 Å². The number of hydrogen-bond donors (Lipinski definition) is 1. The molecule has 0 spiro atoms. The van der Waals surface area contributed by atoms with Crippen molar-refractivity contribution in [2.45, 2.75) is 103 Å². The Balaban J connectivity index is 3.06. The van der Waals surface area contributed by atoms with Crippen LogP contribution in [0.4, 0.5) is 0 Å². The van der Waals surface area contributed by atoms with Gasteiger partial charge < -0.3 is 5.11 Å². The van der Waals surface area contributed by atoms with Crippen LogP contribution in [0, 0.1) is 0 Å². The second-order valence-corrected chi connectivity index (χ2v) is 6.08. The third-order valence-corrected chi connectivity index (χ3v) is 3.90. The van der Waals surface area contributed by atoms with Gasteiger partial charge in [0.25, 0.3) is 0 Å². The third kappa shape index (κ3) is 19.2. The lowest BCUT2D eigenvalue weighted by Crippen LogP contribution is -1.93. The monoisotopic (exact) mass is 296 g/mol. The van der Waals surface area contributed by atoms with Gasteiger partial charge in [0, 0.05) is 6.42 Å². The molecule has 0 saturated carbocycles. The standard InChI is InChI=1S/C19H36O2/c1-2-3-4-5-6-7-8-9-10-11-12-13-14-15-16-17-18-19(20)21/h8-9H,2-7,10-18H2,1H3,(H,20,21)/b9-8+. The van der Waals surface area contributed by atoms with Crippen molar-refractivity contribution in [3.63, 3.8) is 0 Å². The van der Waals surface area contributed by atoms with Crippen LogP contribution in [0.2, 0.25) is 0 Å². The first-order valence-corrected chi connectivity index (χ1v) is 9.14. The van der Waals surface area contributed by atoms with Crippen LogP contribution >= 0.6 is 0 Å². The maximum Gasteiger partial charge on any atom is 0.303 e. The number of rotatable bonds is 16. The molecule has 2 nitrogen and oxygen atoms in total. The Hall–Kier alpha value is -0.790. The lowest BCUT2D eigenvalue weighted by atomic mass is 10.1. The molecule has 21 heavy (non-hydrogen) atoms. The average molecular weight is 296 g/mol. The molecule has 0 saturated heterocycles. The van der Waals surface area contributed by atoms with E-state index >= 15 is 0 Å². The lowest BCUT2D eigenvalue weighted by molar-refractivity contribution is -0.137. The predicted octanol–water partition coefficient (Wildman–Crippen LogP) is 6.50. The Bertz CT molecular complexity index is 246. The molecule has 0 heterocycles. The number of carboxylic acids is 1. The van der Waals surface area contributed by atoms with E-state index in [1.54, 1.807) is 0 Å². The normalized spacial score (nSPS) is 11.3. The highest BCUT2D eigenvalue weighted by Gasteiger charge is 1.96. The van der Waals surface area contributed by atoms with E-state index in [9.17, 15) is 4.79 Å². The number of carboxylic acid groups (broad SMARTS) is 1. The molecule has 0 aliphatic carbocycles. The smallest absolute Gasteiger partial charge is 0.303 e. The molecule has 0 bridgehead atoms. The molecule has 0 aromatic heterocycles. The zero-order valence-electron chi connectivity index (χ0n) is 14.1. The lowest BCUT2D eigenvalue weighted by Gasteiger charge is -2.00. The summed E-state index contributed by atoms with van der Waals surface area (Å²) < 4.78 is 0. The molecule has 0 atom stereocenters. The maximum atomic E-state index is 10.3. The van der Waals surface area contributed by atoms with Crippen LogP contribution < -0.4 is 0 Å². The van der Waals surface area contributed by atoms with E-state index in [1.807, 2.05) is 0 Å². The van der Waals surface area contributed by atoms with Crippen molar-refractivity contribution in [1.29, 1.82) is 0 Å². The summed E-state index contributed by atoms with van der Waals surface area (Å²) in [4.78, 5) is 10.3. The van der Waals surface area contributed by atoms with Gasteiger partial charge in [0.2, 0.25) is 0 Å². The molecule has 124 valence electrons. The van der Waals surface area contributed by atoms with Crippen molar-refractivity contribution < 1.29 is 9.90 Å². The quantitative estimate of drug-likeness (QED) is 0.261. The molecular weight excluding hydrogens is 260 g/mol. The second-order valence-electron chi connectivity index (χ2n) is 6.08. The third-order valence-electron chi connectivity index (χ3n) is 3.90. The van der Waals surface area contributed by atoms with Crippen molar-refractivity contribution in [2.75, 3.05) is 0 Å². The summed E-state index contributed by atoms with van der Waals surface area (Å²) in [5.41, 5.74) is 0. The summed E-state index contributed by atoms with van der Waals surface area (Å²) >= 11 is 0. The first-order chi connectivity index (χ1) is 10.3. The molecule has 0 aliphatic heterocycles. The van der Waals surface area contributed by atoms with Gasteiger partial charge in [-0.15, -0.1) is 0 Å². The zero-order valence-corrected chi connectivity index (χ0v) is 14.1. The summed E-state index contributed by atoms with van der Waals surface area (Å²) in [5, 5.41) is 8.52. The van der Waals surface area contributed by atoms with Crippen LogP contribution in [0.5, 0.6) is 0 Å². The van der Waals surface area contributed by atoms with Gasteiger partial charge in [-0.3, -0.25) is 4.79 Å². The first kappa shape index (κ1) is 20.2. The van der Waals surface area contributed by atoms with E-state index in [4.69, 9.17) is 5.11 Å². The Morgan fingerprint density at radius 3 is 1.62 bits per heavy atom. The molecule has 0 aromatic rings. The van der Waals surface area contributed by atoms with E-state index in [0.29, 0.717) is 6.42 Å². The molecule has 0 fully saturated rings. The van der Waals surface area contributed by atoms with Crippen molar-refractivity contribution in [3.8, 4) is 0 Å². The summed E-state index contributed by atoms with van der Waals surface area (Å²) in [6.45, 7) is 2.26. The highest BCUT2D eigenvalue weighted by atomic mass is 16.4. The molecule has 0 aromatic carbocycles. The first-order valence-electron chi connectivity index (χ1n) is 9.14. The van der Waals surface area contributed by atoms with Crippen molar-refractivity contribution in [1.82, 2.24) is 0 Å². The molecule has 0 aliphatic rings. The van der Waals surface area contributed by atoms with Gasteiger partial charge in [-0.05, 0) is 32.1 Å². The molecule has 1 N–H and O–H groups in total. The molecule has 0 rings (SSSR count). The highest BCUT2D eigenvalue weighted by Crippen LogP contribution is 2.10. The second kappa shape index (κ2) is 17.3. The van der Waals surface area contributed by atoms with Gasteiger partial charge in [0.15, 0.2) is 0 Å². The Labute approximate surface area is 132 Å².